The molecule has 9 heteroatoms. The summed E-state index contributed by atoms with van der Waals surface area (Å²) in [6.07, 6.45) is -2.57. The second kappa shape index (κ2) is 9.82. The summed E-state index contributed by atoms with van der Waals surface area (Å²) in [5, 5.41) is 12.7. The van der Waals surface area contributed by atoms with Crippen molar-refractivity contribution in [1.29, 1.82) is 0 Å². The highest BCUT2D eigenvalue weighted by atomic mass is 19.4. The van der Waals surface area contributed by atoms with E-state index in [1.165, 1.54) is 33.1 Å². The van der Waals surface area contributed by atoms with Gasteiger partial charge in [0.25, 0.3) is 0 Å². The van der Waals surface area contributed by atoms with Crippen LogP contribution in [0.15, 0.2) is 36.4 Å². The molecule has 0 heterocycles. The Morgan fingerprint density at radius 2 is 1.82 bits per heavy atom. The molecule has 2 unspecified atom stereocenters. The first kappa shape index (κ1) is 25.8. The predicted molar refractivity (Wildman–Crippen MR) is 119 cm³/mol. The minimum atomic E-state index is -4.69. The lowest BCUT2D eigenvalue weighted by Crippen LogP contribution is -2.38. The van der Waals surface area contributed by atoms with Gasteiger partial charge in [-0.25, -0.2) is 9.18 Å². The highest BCUT2D eigenvalue weighted by Gasteiger charge is 2.39. The van der Waals surface area contributed by atoms with E-state index in [-0.39, 0.29) is 23.8 Å². The molecule has 3 rings (SSSR count). The molecule has 1 aliphatic rings. The topological polar surface area (TPSA) is 67.8 Å². The number of ether oxygens (including phenoxy) is 2. The summed E-state index contributed by atoms with van der Waals surface area (Å²) in [5.41, 5.74) is -1.40. The Balaban J connectivity index is 1.74. The summed E-state index contributed by atoms with van der Waals surface area (Å²) in [6, 6.07) is 8.47. The van der Waals surface area contributed by atoms with E-state index in [1.54, 1.807) is 18.2 Å². The first-order valence-electron chi connectivity index (χ1n) is 11.0. The molecule has 0 radical (unpaired) electrons. The Hall–Kier alpha value is -2.81. The van der Waals surface area contributed by atoms with Gasteiger partial charge in [0.05, 0.1) is 12.7 Å². The number of benzene rings is 2. The third kappa shape index (κ3) is 5.81. The van der Waals surface area contributed by atoms with E-state index in [0.29, 0.717) is 18.4 Å². The smallest absolute Gasteiger partial charge is 0.419 e. The zero-order valence-corrected chi connectivity index (χ0v) is 19.5. The number of carbonyl (C=O) groups is 1. The molecule has 2 aromatic carbocycles. The zero-order chi connectivity index (χ0) is 25.3. The van der Waals surface area contributed by atoms with E-state index in [4.69, 9.17) is 9.47 Å². The molecule has 3 atom stereocenters. The van der Waals surface area contributed by atoms with Gasteiger partial charge in [-0.2, -0.15) is 13.2 Å². The summed E-state index contributed by atoms with van der Waals surface area (Å²) in [4.78, 5) is 11.3. The molecule has 1 aliphatic carbocycles. The van der Waals surface area contributed by atoms with Crippen LogP contribution in [0.2, 0.25) is 0 Å². The van der Waals surface area contributed by atoms with E-state index >= 15 is 0 Å². The molecular weight excluding hydrogens is 454 g/mol. The molecule has 0 saturated heterocycles. The van der Waals surface area contributed by atoms with Crippen LogP contribution in [0.4, 0.5) is 17.6 Å². The summed E-state index contributed by atoms with van der Waals surface area (Å²) in [7, 11) is 1.40. The summed E-state index contributed by atoms with van der Waals surface area (Å²) < 4.78 is 65.2. The van der Waals surface area contributed by atoms with Gasteiger partial charge in [-0.1, -0.05) is 12.1 Å². The Kier molecular flexibility index (Phi) is 7.45. The number of rotatable bonds is 8. The number of nitrogens with one attached hydrogen (secondary N) is 1. The first-order valence-corrected chi connectivity index (χ1v) is 11.0. The molecule has 0 aliphatic heterocycles. The highest BCUT2D eigenvalue weighted by Crippen LogP contribution is 2.42. The maximum atomic E-state index is 13.7. The second-order valence-corrected chi connectivity index (χ2v) is 9.16. The van der Waals surface area contributed by atoms with Crippen LogP contribution in [0.1, 0.15) is 68.7 Å². The average molecular weight is 484 g/mol. The summed E-state index contributed by atoms with van der Waals surface area (Å²) in [6.45, 7) is 4.35. The largest absolute Gasteiger partial charge is 0.494 e. The molecule has 0 amide bonds. The Morgan fingerprint density at radius 1 is 1.12 bits per heavy atom. The fraction of sp³-hybridized carbons (Fsp3) is 0.480. The lowest BCUT2D eigenvalue weighted by molar-refractivity contribution is -0.155. The van der Waals surface area contributed by atoms with Gasteiger partial charge < -0.3 is 19.9 Å². The van der Waals surface area contributed by atoms with Crippen molar-refractivity contribution in [3.05, 3.63) is 58.9 Å². The molecule has 1 saturated carbocycles. The van der Waals surface area contributed by atoms with Crippen molar-refractivity contribution in [1.82, 2.24) is 5.32 Å². The number of aliphatic carboxylic acids is 1. The van der Waals surface area contributed by atoms with Crippen molar-refractivity contribution in [2.75, 3.05) is 7.11 Å². The minimum absolute atomic E-state index is 0.0762. The van der Waals surface area contributed by atoms with Gasteiger partial charge in [-0.15, -0.1) is 0 Å². The van der Waals surface area contributed by atoms with Crippen molar-refractivity contribution < 1.29 is 36.9 Å². The first-order chi connectivity index (χ1) is 15.8. The summed E-state index contributed by atoms with van der Waals surface area (Å²) in [5.74, 6) is -2.24. The lowest BCUT2D eigenvalue weighted by atomic mass is 9.94. The maximum absolute atomic E-state index is 13.7. The SMILES string of the molecule is COc1cc([C@@H](C)NC2CCC(c3ccc(OC(C)(C)C(=O)O)c(C(F)(F)F)c3)C2)ccc1F. The Labute approximate surface area is 196 Å². The summed E-state index contributed by atoms with van der Waals surface area (Å²) >= 11 is 0. The lowest BCUT2D eigenvalue weighted by Gasteiger charge is -2.25. The van der Waals surface area contributed by atoms with Crippen molar-refractivity contribution >= 4 is 5.97 Å². The van der Waals surface area contributed by atoms with Crippen LogP contribution in [0.5, 0.6) is 11.5 Å². The molecule has 2 aromatic rings. The number of halogens is 4. The molecule has 2 N–H and O–H groups in total. The van der Waals surface area contributed by atoms with Crippen LogP contribution >= 0.6 is 0 Å². The molecular formula is C25H29F4NO4. The normalized spacial score (nSPS) is 19.6. The van der Waals surface area contributed by atoms with Crippen LogP contribution in [-0.4, -0.2) is 29.8 Å². The quantitative estimate of drug-likeness (QED) is 0.446. The number of carboxylic acids is 1. The molecule has 0 spiro atoms. The van der Waals surface area contributed by atoms with Crippen LogP contribution in [0.3, 0.4) is 0 Å². The number of hydrogen-bond donors (Lipinski definition) is 2. The molecule has 0 bridgehead atoms. The standard InChI is InChI=1S/C25H29F4NO4/c1-14(15-6-9-20(26)22(13-15)33-4)30-18-8-5-16(11-18)17-7-10-21(19(12-17)25(27,28)29)34-24(2,3)23(31)32/h6-7,9-10,12-14,16,18,30H,5,8,11H2,1-4H3,(H,31,32)/t14-,16?,18?/m1/s1. The highest BCUT2D eigenvalue weighted by molar-refractivity contribution is 5.76. The van der Waals surface area contributed by atoms with Crippen LogP contribution < -0.4 is 14.8 Å². The fourth-order valence-electron chi connectivity index (χ4n) is 4.26. The minimum Gasteiger partial charge on any atom is -0.494 e. The number of methoxy groups -OCH3 is 1. The predicted octanol–water partition coefficient (Wildman–Crippen LogP) is 6.08. The average Bonchev–Trinajstić information content (AvgIpc) is 3.21. The number of carboxylic acid groups (broad SMARTS) is 1. The van der Waals surface area contributed by atoms with Crippen LogP contribution in [0, 0.1) is 5.82 Å². The van der Waals surface area contributed by atoms with E-state index in [9.17, 15) is 27.5 Å². The van der Waals surface area contributed by atoms with E-state index in [1.807, 2.05) is 6.92 Å². The van der Waals surface area contributed by atoms with Crippen LogP contribution in [0.25, 0.3) is 0 Å². The van der Waals surface area contributed by atoms with Gasteiger partial charge in [0.1, 0.15) is 5.75 Å². The second-order valence-electron chi connectivity index (χ2n) is 9.16. The van der Waals surface area contributed by atoms with Gasteiger partial charge in [-0.05, 0) is 81.3 Å². The van der Waals surface area contributed by atoms with E-state index in [2.05, 4.69) is 5.32 Å². The zero-order valence-electron chi connectivity index (χ0n) is 19.5. The third-order valence-electron chi connectivity index (χ3n) is 6.25. The van der Waals surface area contributed by atoms with E-state index < -0.39 is 34.9 Å². The Bertz CT molecular complexity index is 1040. The van der Waals surface area contributed by atoms with Gasteiger partial charge in [0.15, 0.2) is 17.2 Å². The maximum Gasteiger partial charge on any atom is 0.419 e. The Morgan fingerprint density at radius 3 is 2.44 bits per heavy atom. The van der Waals surface area contributed by atoms with Gasteiger partial charge >= 0.3 is 12.1 Å². The van der Waals surface area contributed by atoms with Crippen LogP contribution in [-0.2, 0) is 11.0 Å². The monoisotopic (exact) mass is 483 g/mol. The molecule has 186 valence electrons. The third-order valence-corrected chi connectivity index (χ3v) is 6.25. The van der Waals surface area contributed by atoms with Gasteiger partial charge in [-0.3, -0.25) is 0 Å². The van der Waals surface area contributed by atoms with Gasteiger partial charge in [0.2, 0.25) is 0 Å². The molecule has 5 nitrogen and oxygen atoms in total. The van der Waals surface area contributed by atoms with Crippen molar-refractivity contribution in [3.63, 3.8) is 0 Å². The van der Waals surface area contributed by atoms with Crippen molar-refractivity contribution in [3.8, 4) is 11.5 Å². The number of hydrogen-bond acceptors (Lipinski definition) is 4. The fourth-order valence-corrected chi connectivity index (χ4v) is 4.26. The van der Waals surface area contributed by atoms with Crippen molar-refractivity contribution in [2.24, 2.45) is 0 Å². The van der Waals surface area contributed by atoms with E-state index in [0.717, 1.165) is 18.1 Å². The van der Waals surface area contributed by atoms with Crippen molar-refractivity contribution in [2.45, 2.75) is 69.8 Å². The molecule has 34 heavy (non-hydrogen) atoms. The number of alkyl halides is 3. The molecule has 0 aromatic heterocycles. The molecule has 1 fully saturated rings. The van der Waals surface area contributed by atoms with Gasteiger partial charge in [0, 0.05) is 12.1 Å².